The topological polar surface area (TPSA) is 67.2 Å². The molecule has 19 heavy (non-hydrogen) atoms. The normalized spacial score (nSPS) is 18.5. The Morgan fingerprint density at radius 1 is 1.58 bits per heavy atom. The Hall–Kier alpha value is -1.21. The first-order valence-electron chi connectivity index (χ1n) is 6.18. The molecule has 1 aromatic carbocycles. The van der Waals surface area contributed by atoms with Gasteiger partial charge in [0.05, 0.1) is 9.40 Å². The van der Waals surface area contributed by atoms with Crippen LogP contribution in [0.2, 0.25) is 0 Å². The lowest BCUT2D eigenvalue weighted by Gasteiger charge is -2.12. The third-order valence-corrected chi connectivity index (χ3v) is 3.81. The third kappa shape index (κ3) is 3.63. The van der Waals surface area contributed by atoms with E-state index in [4.69, 9.17) is 0 Å². The highest BCUT2D eigenvalue weighted by Crippen LogP contribution is 2.30. The van der Waals surface area contributed by atoms with Crippen LogP contribution in [0, 0.1) is 15.9 Å². The maximum Gasteiger partial charge on any atom is 0.293 e. The van der Waals surface area contributed by atoms with Gasteiger partial charge in [0.15, 0.2) is 0 Å². The second-order valence-corrected chi connectivity index (χ2v) is 5.40. The smallest absolute Gasteiger partial charge is 0.293 e. The van der Waals surface area contributed by atoms with Crippen LogP contribution < -0.4 is 10.6 Å². The van der Waals surface area contributed by atoms with E-state index in [9.17, 15) is 14.5 Å². The van der Waals surface area contributed by atoms with Gasteiger partial charge in [0.25, 0.3) is 5.69 Å². The number of hydrogen-bond acceptors (Lipinski definition) is 4. The zero-order valence-electron chi connectivity index (χ0n) is 10.3. The highest BCUT2D eigenvalue weighted by atomic mass is 79.9. The zero-order chi connectivity index (χ0) is 13.8. The van der Waals surface area contributed by atoms with Crippen molar-refractivity contribution >= 4 is 27.3 Å². The minimum atomic E-state index is -0.514. The fourth-order valence-electron chi connectivity index (χ4n) is 2.21. The van der Waals surface area contributed by atoms with Gasteiger partial charge >= 0.3 is 0 Å². The predicted molar refractivity (Wildman–Crippen MR) is 74.9 cm³/mol. The standard InChI is InChI=1S/C12H15BrFN3O2/c13-9-6-12(17(18)19)11(7-10(9)14)16-5-3-8-2-1-4-15-8/h6-8,15-16H,1-5H2/t8-/m0/s1. The second-order valence-electron chi connectivity index (χ2n) is 4.55. The first-order valence-corrected chi connectivity index (χ1v) is 6.98. The molecular formula is C12H15BrFN3O2. The summed E-state index contributed by atoms with van der Waals surface area (Å²) in [7, 11) is 0. The number of nitro groups is 1. The number of benzene rings is 1. The van der Waals surface area contributed by atoms with E-state index in [-0.39, 0.29) is 15.8 Å². The summed E-state index contributed by atoms with van der Waals surface area (Å²) in [6.07, 6.45) is 3.16. The van der Waals surface area contributed by atoms with E-state index in [1.807, 2.05) is 0 Å². The molecule has 0 bridgehead atoms. The number of rotatable bonds is 5. The van der Waals surface area contributed by atoms with E-state index in [0.29, 0.717) is 12.6 Å². The van der Waals surface area contributed by atoms with E-state index in [2.05, 4.69) is 26.6 Å². The van der Waals surface area contributed by atoms with Crippen LogP contribution in [-0.2, 0) is 0 Å². The maximum absolute atomic E-state index is 13.4. The summed E-state index contributed by atoms with van der Waals surface area (Å²) in [5, 5.41) is 17.2. The average molecular weight is 332 g/mol. The number of anilines is 1. The number of nitrogens with zero attached hydrogens (tertiary/aromatic N) is 1. The van der Waals surface area contributed by atoms with Gasteiger partial charge in [0.1, 0.15) is 11.5 Å². The van der Waals surface area contributed by atoms with E-state index in [0.717, 1.165) is 31.9 Å². The van der Waals surface area contributed by atoms with Gasteiger partial charge in [-0.05, 0) is 41.7 Å². The Kier molecular flexibility index (Phi) is 4.71. The first kappa shape index (κ1) is 14.2. The lowest BCUT2D eigenvalue weighted by molar-refractivity contribution is -0.384. The van der Waals surface area contributed by atoms with Gasteiger partial charge in [-0.25, -0.2) is 4.39 Å². The average Bonchev–Trinajstić information content (AvgIpc) is 2.86. The van der Waals surface area contributed by atoms with E-state index in [1.54, 1.807) is 0 Å². The van der Waals surface area contributed by atoms with Crippen molar-refractivity contribution in [1.29, 1.82) is 0 Å². The van der Waals surface area contributed by atoms with Crippen molar-refractivity contribution in [3.8, 4) is 0 Å². The lowest BCUT2D eigenvalue weighted by Crippen LogP contribution is -2.24. The largest absolute Gasteiger partial charge is 0.379 e. The van der Waals surface area contributed by atoms with E-state index in [1.165, 1.54) is 6.07 Å². The molecule has 0 spiro atoms. The van der Waals surface area contributed by atoms with Crippen LogP contribution in [0.15, 0.2) is 16.6 Å². The van der Waals surface area contributed by atoms with Crippen molar-refractivity contribution in [2.45, 2.75) is 25.3 Å². The number of nitro benzene ring substituents is 1. The second kappa shape index (κ2) is 6.29. The van der Waals surface area contributed by atoms with Crippen molar-refractivity contribution in [3.05, 3.63) is 32.5 Å². The summed E-state index contributed by atoms with van der Waals surface area (Å²) >= 11 is 2.95. The van der Waals surface area contributed by atoms with Crippen LogP contribution >= 0.6 is 15.9 Å². The van der Waals surface area contributed by atoms with Gasteiger partial charge in [0, 0.05) is 24.7 Å². The molecule has 7 heteroatoms. The Labute approximate surface area is 118 Å². The van der Waals surface area contributed by atoms with E-state index >= 15 is 0 Å². The van der Waals surface area contributed by atoms with Crippen LogP contribution in [-0.4, -0.2) is 24.1 Å². The molecule has 0 amide bonds. The highest BCUT2D eigenvalue weighted by Gasteiger charge is 2.18. The van der Waals surface area contributed by atoms with Gasteiger partial charge in [-0.3, -0.25) is 10.1 Å². The molecule has 0 aliphatic carbocycles. The van der Waals surface area contributed by atoms with Gasteiger partial charge in [0.2, 0.25) is 0 Å². The van der Waals surface area contributed by atoms with Crippen LogP contribution in [0.5, 0.6) is 0 Å². The third-order valence-electron chi connectivity index (χ3n) is 3.21. The predicted octanol–water partition coefficient (Wildman–Crippen LogP) is 3.05. The Bertz CT molecular complexity index is 478. The van der Waals surface area contributed by atoms with Gasteiger partial charge in [-0.1, -0.05) is 0 Å². The molecule has 1 aliphatic rings. The molecule has 1 saturated heterocycles. The molecule has 1 atom stereocenters. The molecule has 1 aliphatic heterocycles. The quantitative estimate of drug-likeness (QED) is 0.642. The monoisotopic (exact) mass is 331 g/mol. The zero-order valence-corrected chi connectivity index (χ0v) is 11.9. The summed E-state index contributed by atoms with van der Waals surface area (Å²) < 4.78 is 13.5. The molecule has 104 valence electrons. The summed E-state index contributed by atoms with van der Waals surface area (Å²) in [6, 6.07) is 2.79. The SMILES string of the molecule is O=[N+]([O-])c1cc(Br)c(F)cc1NCC[C@@H]1CCCN1. The molecule has 2 N–H and O–H groups in total. The minimum absolute atomic E-state index is 0.0993. The van der Waals surface area contributed by atoms with Crippen molar-refractivity contribution in [1.82, 2.24) is 5.32 Å². The number of halogens is 2. The van der Waals surface area contributed by atoms with Gasteiger partial charge < -0.3 is 10.6 Å². The van der Waals surface area contributed by atoms with Crippen LogP contribution in [0.25, 0.3) is 0 Å². The molecule has 1 aromatic rings. The summed E-state index contributed by atoms with van der Waals surface area (Å²) in [6.45, 7) is 1.61. The summed E-state index contributed by atoms with van der Waals surface area (Å²) in [4.78, 5) is 10.4. The molecule has 1 heterocycles. The molecule has 0 aromatic heterocycles. The maximum atomic E-state index is 13.4. The lowest BCUT2D eigenvalue weighted by atomic mass is 10.1. The van der Waals surface area contributed by atoms with Crippen molar-refractivity contribution in [2.24, 2.45) is 0 Å². The molecule has 0 unspecified atom stereocenters. The highest BCUT2D eigenvalue weighted by molar-refractivity contribution is 9.10. The molecule has 0 saturated carbocycles. The van der Waals surface area contributed by atoms with Crippen LogP contribution in [0.4, 0.5) is 15.8 Å². The first-order chi connectivity index (χ1) is 9.08. The van der Waals surface area contributed by atoms with Gasteiger partial charge in [-0.15, -0.1) is 0 Å². The molecule has 1 fully saturated rings. The van der Waals surface area contributed by atoms with Crippen molar-refractivity contribution < 1.29 is 9.31 Å². The van der Waals surface area contributed by atoms with Crippen molar-refractivity contribution in [3.63, 3.8) is 0 Å². The summed E-state index contributed by atoms with van der Waals surface area (Å²) in [5.74, 6) is -0.507. The molecular weight excluding hydrogens is 317 g/mol. The minimum Gasteiger partial charge on any atom is -0.379 e. The van der Waals surface area contributed by atoms with E-state index < -0.39 is 10.7 Å². The fraction of sp³-hybridized carbons (Fsp3) is 0.500. The number of hydrogen-bond donors (Lipinski definition) is 2. The summed E-state index contributed by atoms with van der Waals surface area (Å²) in [5.41, 5.74) is 0.108. The van der Waals surface area contributed by atoms with Crippen LogP contribution in [0.3, 0.4) is 0 Å². The Balaban J connectivity index is 2.01. The molecule has 0 radical (unpaired) electrons. The molecule has 5 nitrogen and oxygen atoms in total. The Morgan fingerprint density at radius 2 is 2.37 bits per heavy atom. The number of nitrogens with one attached hydrogen (secondary N) is 2. The van der Waals surface area contributed by atoms with Crippen LogP contribution in [0.1, 0.15) is 19.3 Å². The van der Waals surface area contributed by atoms with Gasteiger partial charge in [-0.2, -0.15) is 0 Å². The molecule has 2 rings (SSSR count). The Morgan fingerprint density at radius 3 is 3.00 bits per heavy atom. The fourth-order valence-corrected chi connectivity index (χ4v) is 2.54. The van der Waals surface area contributed by atoms with Crippen molar-refractivity contribution in [2.75, 3.05) is 18.4 Å².